The minimum absolute atomic E-state index is 0.00205. The van der Waals surface area contributed by atoms with Gasteiger partial charge in [-0.1, -0.05) is 39.0 Å². The molecule has 24 heavy (non-hydrogen) atoms. The zero-order valence-electron chi connectivity index (χ0n) is 15.5. The quantitative estimate of drug-likeness (QED) is 0.640. The van der Waals surface area contributed by atoms with E-state index in [2.05, 4.69) is 25.3 Å². The van der Waals surface area contributed by atoms with E-state index in [-0.39, 0.29) is 11.7 Å². The molecule has 1 aliphatic heterocycles. The van der Waals surface area contributed by atoms with Crippen LogP contribution < -0.4 is 0 Å². The summed E-state index contributed by atoms with van der Waals surface area (Å²) in [5.74, 6) is 0.0501. The van der Waals surface area contributed by atoms with Gasteiger partial charge in [0.2, 0.25) is 5.91 Å². The Balaban J connectivity index is 2.66. The smallest absolute Gasteiger partial charge is 0.246 e. The molecular formula is C19H31N3O2. The Kier molecular flexibility index (Phi) is 8.47. The maximum Gasteiger partial charge on any atom is 0.246 e. The van der Waals surface area contributed by atoms with Crippen LogP contribution >= 0.6 is 0 Å². The molecule has 1 aliphatic rings. The van der Waals surface area contributed by atoms with Gasteiger partial charge in [-0.15, -0.1) is 0 Å². The molecule has 0 aliphatic carbocycles. The van der Waals surface area contributed by atoms with Gasteiger partial charge in [0.25, 0.3) is 0 Å². The minimum Gasteiger partial charge on any atom is -0.340 e. The van der Waals surface area contributed by atoms with E-state index in [4.69, 9.17) is 0 Å². The third kappa shape index (κ3) is 5.96. The van der Waals surface area contributed by atoms with Crippen LogP contribution in [0, 0.1) is 0 Å². The zero-order valence-corrected chi connectivity index (χ0v) is 15.5. The molecule has 0 N–H and O–H groups in total. The Morgan fingerprint density at radius 1 is 1.29 bits per heavy atom. The zero-order chi connectivity index (χ0) is 18.1. The molecule has 0 atom stereocenters. The molecule has 1 heterocycles. The summed E-state index contributed by atoms with van der Waals surface area (Å²) in [7, 11) is 2.02. The molecule has 1 saturated heterocycles. The lowest BCUT2D eigenvalue weighted by molar-refractivity contribution is -0.126. The van der Waals surface area contributed by atoms with Gasteiger partial charge in [-0.2, -0.15) is 0 Å². The summed E-state index contributed by atoms with van der Waals surface area (Å²) in [6.07, 6.45) is 7.37. The van der Waals surface area contributed by atoms with Crippen molar-refractivity contribution in [1.29, 1.82) is 0 Å². The van der Waals surface area contributed by atoms with Crippen LogP contribution in [0.4, 0.5) is 0 Å². The first-order valence-corrected chi connectivity index (χ1v) is 8.71. The Morgan fingerprint density at radius 2 is 2.00 bits per heavy atom. The van der Waals surface area contributed by atoms with Gasteiger partial charge in [-0.05, 0) is 20.0 Å². The number of carbonyl (C=O) groups is 2. The van der Waals surface area contributed by atoms with Gasteiger partial charge in [0, 0.05) is 38.3 Å². The average molecular weight is 333 g/mol. The Morgan fingerprint density at radius 3 is 2.54 bits per heavy atom. The maximum atomic E-state index is 12.3. The second-order valence-corrected chi connectivity index (χ2v) is 6.17. The molecule has 0 unspecified atom stereocenters. The van der Waals surface area contributed by atoms with Gasteiger partial charge in [0.05, 0.1) is 12.2 Å². The second kappa shape index (κ2) is 10.1. The molecule has 1 fully saturated rings. The van der Waals surface area contributed by atoms with Crippen LogP contribution in [0.2, 0.25) is 0 Å². The first kappa shape index (κ1) is 20.2. The van der Waals surface area contributed by atoms with Crippen LogP contribution in [0.25, 0.3) is 0 Å². The van der Waals surface area contributed by atoms with E-state index < -0.39 is 0 Å². The first-order chi connectivity index (χ1) is 11.4. The number of nitrogens with zero attached hydrogens (tertiary/aromatic N) is 3. The van der Waals surface area contributed by atoms with Crippen LogP contribution in [-0.2, 0) is 9.59 Å². The van der Waals surface area contributed by atoms with Crippen LogP contribution in [0.3, 0.4) is 0 Å². The third-order valence-electron chi connectivity index (χ3n) is 4.16. The molecule has 0 radical (unpaired) electrons. The molecule has 134 valence electrons. The number of ketones is 1. The Hall–Kier alpha value is -1.88. The van der Waals surface area contributed by atoms with Gasteiger partial charge in [-0.3, -0.25) is 9.59 Å². The standard InChI is InChI=1S/C19H31N3O2/c1-6-8-10-18(17(4)23)22-14-13-21(15-16(22)3)19(24)11-9-12-20(5)7-2/h9-11H,3,6-8,12-15H2,1-2,4-5H3/b11-9+,18-10-. The monoisotopic (exact) mass is 333 g/mol. The molecule has 5 heteroatoms. The third-order valence-corrected chi connectivity index (χ3v) is 4.16. The minimum atomic E-state index is 0.00205. The molecule has 1 amide bonds. The number of amides is 1. The van der Waals surface area contributed by atoms with Crippen molar-refractivity contribution >= 4 is 11.7 Å². The molecular weight excluding hydrogens is 302 g/mol. The molecule has 5 nitrogen and oxygen atoms in total. The molecule has 0 aromatic rings. The van der Waals surface area contributed by atoms with E-state index in [0.717, 1.165) is 31.6 Å². The highest BCUT2D eigenvalue weighted by atomic mass is 16.2. The lowest BCUT2D eigenvalue weighted by Gasteiger charge is -2.38. The number of carbonyl (C=O) groups excluding carboxylic acids is 2. The number of hydrogen-bond acceptors (Lipinski definition) is 4. The number of unbranched alkanes of at least 4 members (excludes halogenated alkanes) is 1. The summed E-state index contributed by atoms with van der Waals surface area (Å²) in [4.78, 5) is 30.0. The number of Topliss-reactive ketones (excluding diaryl/α,β-unsaturated/α-hetero) is 1. The number of hydrogen-bond donors (Lipinski definition) is 0. The predicted octanol–water partition coefficient (Wildman–Crippen LogP) is 2.43. The summed E-state index contributed by atoms with van der Waals surface area (Å²) in [5, 5.41) is 0. The fourth-order valence-electron chi connectivity index (χ4n) is 2.54. The molecule has 0 aromatic heterocycles. The molecule has 0 saturated carbocycles. The number of rotatable bonds is 8. The fraction of sp³-hybridized carbons (Fsp3) is 0.579. The van der Waals surface area contributed by atoms with E-state index >= 15 is 0 Å². The van der Waals surface area contributed by atoms with Crippen molar-refractivity contribution in [2.24, 2.45) is 0 Å². The second-order valence-electron chi connectivity index (χ2n) is 6.17. The van der Waals surface area contributed by atoms with Crippen molar-refractivity contribution in [2.45, 2.75) is 33.6 Å². The summed E-state index contributed by atoms with van der Waals surface area (Å²) in [6, 6.07) is 0. The van der Waals surface area contributed by atoms with Crippen molar-refractivity contribution in [2.75, 3.05) is 39.8 Å². The molecule has 1 rings (SSSR count). The van der Waals surface area contributed by atoms with E-state index in [9.17, 15) is 9.59 Å². The van der Waals surface area contributed by atoms with Crippen LogP contribution in [0.1, 0.15) is 33.6 Å². The van der Waals surface area contributed by atoms with E-state index in [1.807, 2.05) is 24.1 Å². The van der Waals surface area contributed by atoms with Crippen LogP contribution in [-0.4, -0.2) is 66.2 Å². The highest BCUT2D eigenvalue weighted by molar-refractivity contribution is 5.93. The van der Waals surface area contributed by atoms with Crippen molar-refractivity contribution in [1.82, 2.24) is 14.7 Å². The predicted molar refractivity (Wildman–Crippen MR) is 98.4 cm³/mol. The van der Waals surface area contributed by atoms with Crippen molar-refractivity contribution in [3.63, 3.8) is 0 Å². The highest BCUT2D eigenvalue weighted by Gasteiger charge is 2.25. The van der Waals surface area contributed by atoms with Gasteiger partial charge in [0.1, 0.15) is 0 Å². The van der Waals surface area contributed by atoms with Gasteiger partial charge in [0.15, 0.2) is 5.78 Å². The van der Waals surface area contributed by atoms with Crippen LogP contribution in [0.5, 0.6) is 0 Å². The normalized spacial score (nSPS) is 16.4. The summed E-state index contributed by atoms with van der Waals surface area (Å²) in [5.41, 5.74) is 1.50. The first-order valence-electron chi connectivity index (χ1n) is 8.71. The molecule has 0 bridgehead atoms. The topological polar surface area (TPSA) is 43.9 Å². The number of likely N-dealkylation sites (N-methyl/N-ethyl adjacent to an activating group) is 1. The fourth-order valence-corrected chi connectivity index (χ4v) is 2.54. The average Bonchev–Trinajstić information content (AvgIpc) is 2.55. The van der Waals surface area contributed by atoms with E-state index in [1.165, 1.54) is 0 Å². The van der Waals surface area contributed by atoms with Crippen molar-refractivity contribution < 1.29 is 9.59 Å². The lowest BCUT2D eigenvalue weighted by Crippen LogP contribution is -2.46. The highest BCUT2D eigenvalue weighted by Crippen LogP contribution is 2.19. The maximum absolute atomic E-state index is 12.3. The SMILES string of the molecule is C=C1CN(C(=O)/C=C/CN(C)CC)CCN1/C(=C\CCC)C(C)=O. The van der Waals surface area contributed by atoms with Crippen LogP contribution in [0.15, 0.2) is 36.2 Å². The van der Waals surface area contributed by atoms with E-state index in [0.29, 0.717) is 25.3 Å². The van der Waals surface area contributed by atoms with Gasteiger partial charge < -0.3 is 14.7 Å². The lowest BCUT2D eigenvalue weighted by atomic mass is 10.1. The number of piperazine rings is 1. The molecule has 0 aromatic carbocycles. The largest absolute Gasteiger partial charge is 0.340 e. The Labute approximate surface area is 146 Å². The summed E-state index contributed by atoms with van der Waals surface area (Å²) in [6.45, 7) is 13.2. The van der Waals surface area contributed by atoms with Gasteiger partial charge in [-0.25, -0.2) is 0 Å². The summed E-state index contributed by atoms with van der Waals surface area (Å²) < 4.78 is 0. The van der Waals surface area contributed by atoms with Gasteiger partial charge >= 0.3 is 0 Å². The van der Waals surface area contributed by atoms with E-state index in [1.54, 1.807) is 17.9 Å². The molecule has 0 spiro atoms. The Bertz CT molecular complexity index is 523. The van der Waals surface area contributed by atoms with Crippen molar-refractivity contribution in [3.05, 3.63) is 36.2 Å². The number of allylic oxidation sites excluding steroid dienone is 2. The summed E-state index contributed by atoms with van der Waals surface area (Å²) >= 11 is 0. The van der Waals surface area contributed by atoms with Crippen molar-refractivity contribution in [3.8, 4) is 0 Å².